The first kappa shape index (κ1) is 17.5. The zero-order valence-electron chi connectivity index (χ0n) is 13.2. The van der Waals surface area contributed by atoms with E-state index in [1.807, 2.05) is 4.90 Å². The number of aromatic nitrogens is 2. The summed E-state index contributed by atoms with van der Waals surface area (Å²) in [5.41, 5.74) is 0.247. The molecule has 0 aliphatic carbocycles. The average Bonchev–Trinajstić information content (AvgIpc) is 2.94. The predicted molar refractivity (Wildman–Crippen MR) is 91.5 cm³/mol. The van der Waals surface area contributed by atoms with E-state index < -0.39 is 19.8 Å². The number of anilines is 1. The van der Waals surface area contributed by atoms with Crippen LogP contribution in [0, 0.1) is 17.0 Å². The fourth-order valence-corrected chi connectivity index (χ4v) is 5.44. The van der Waals surface area contributed by atoms with Crippen LogP contribution in [0.15, 0.2) is 27.3 Å². The molecule has 12 heteroatoms. The lowest BCUT2D eigenvalue weighted by atomic mass is 10.3. The van der Waals surface area contributed by atoms with Crippen LogP contribution in [0.5, 0.6) is 0 Å². The first-order valence-corrected chi connectivity index (χ1v) is 9.60. The molecule has 1 aliphatic rings. The molecular weight excluding hydrogens is 370 g/mol. The van der Waals surface area contributed by atoms with E-state index in [0.29, 0.717) is 35.9 Å². The van der Waals surface area contributed by atoms with Gasteiger partial charge in [0.05, 0.1) is 4.92 Å². The van der Waals surface area contributed by atoms with Crippen LogP contribution in [-0.2, 0) is 10.0 Å². The Kier molecular flexibility index (Phi) is 4.58. The summed E-state index contributed by atoms with van der Waals surface area (Å²) in [5.74, 6) is 0.560. The minimum absolute atomic E-state index is 0.0411. The van der Waals surface area contributed by atoms with E-state index in [9.17, 15) is 23.3 Å². The summed E-state index contributed by atoms with van der Waals surface area (Å²) in [4.78, 5) is 29.5. The average molecular weight is 385 g/mol. The maximum Gasteiger partial charge on any atom is 0.305 e. The minimum Gasteiger partial charge on any atom is -0.354 e. The molecular formula is C13H15N5O5S2. The first-order chi connectivity index (χ1) is 11.8. The van der Waals surface area contributed by atoms with Crippen LogP contribution < -0.4 is 9.77 Å². The number of aromatic amines is 1. The van der Waals surface area contributed by atoms with Crippen molar-refractivity contribution in [2.45, 2.75) is 11.1 Å². The lowest BCUT2D eigenvalue weighted by molar-refractivity contribution is -0.385. The van der Waals surface area contributed by atoms with E-state index in [1.165, 1.54) is 16.6 Å². The van der Waals surface area contributed by atoms with Gasteiger partial charge in [-0.05, 0) is 13.0 Å². The summed E-state index contributed by atoms with van der Waals surface area (Å²) >= 11 is 0.686. The Morgan fingerprint density at radius 3 is 2.44 bits per heavy atom. The van der Waals surface area contributed by atoms with Gasteiger partial charge in [0.2, 0.25) is 0 Å². The number of H-pyrrole nitrogens is 1. The fourth-order valence-electron chi connectivity index (χ4n) is 2.58. The topological polar surface area (TPSA) is 130 Å². The van der Waals surface area contributed by atoms with Gasteiger partial charge in [-0.25, -0.2) is 13.4 Å². The second kappa shape index (κ2) is 6.54. The van der Waals surface area contributed by atoms with Gasteiger partial charge in [-0.2, -0.15) is 4.31 Å². The Bertz CT molecular complexity index is 942. The molecule has 0 amide bonds. The van der Waals surface area contributed by atoms with Gasteiger partial charge in [-0.1, -0.05) is 11.3 Å². The number of pyridine rings is 1. The summed E-state index contributed by atoms with van der Waals surface area (Å²) in [6, 6.07) is 2.91. The van der Waals surface area contributed by atoms with Gasteiger partial charge >= 0.3 is 4.87 Å². The van der Waals surface area contributed by atoms with Crippen molar-refractivity contribution in [2.24, 2.45) is 0 Å². The molecule has 0 atom stereocenters. The molecule has 0 aromatic carbocycles. The van der Waals surface area contributed by atoms with Crippen LogP contribution in [0.25, 0.3) is 0 Å². The SMILES string of the molecule is Cc1[nH]c(=O)sc1S(=O)(=O)N1CCN(c2ccc([N+](=O)[O-])cn2)CC1. The highest BCUT2D eigenvalue weighted by atomic mass is 32.2. The second-order valence-electron chi connectivity index (χ2n) is 5.45. The van der Waals surface area contributed by atoms with Crippen LogP contribution in [0.4, 0.5) is 11.5 Å². The lowest BCUT2D eigenvalue weighted by Gasteiger charge is -2.34. The van der Waals surface area contributed by atoms with E-state index in [4.69, 9.17) is 0 Å². The highest BCUT2D eigenvalue weighted by molar-refractivity contribution is 7.91. The molecule has 0 spiro atoms. The van der Waals surface area contributed by atoms with Gasteiger partial charge in [0.15, 0.2) is 4.21 Å². The predicted octanol–water partition coefficient (Wildman–Crippen LogP) is 0.559. The highest BCUT2D eigenvalue weighted by Gasteiger charge is 2.31. The third kappa shape index (κ3) is 3.41. The zero-order chi connectivity index (χ0) is 18.2. The lowest BCUT2D eigenvalue weighted by Crippen LogP contribution is -2.48. The molecule has 25 heavy (non-hydrogen) atoms. The Labute approximate surface area is 146 Å². The van der Waals surface area contributed by atoms with Crippen LogP contribution in [-0.4, -0.2) is 53.8 Å². The highest BCUT2D eigenvalue weighted by Crippen LogP contribution is 2.24. The van der Waals surface area contributed by atoms with E-state index in [0.717, 1.165) is 0 Å². The number of nitrogens with one attached hydrogen (secondary N) is 1. The maximum absolute atomic E-state index is 12.7. The zero-order valence-corrected chi connectivity index (χ0v) is 14.8. The Morgan fingerprint density at radius 1 is 1.28 bits per heavy atom. The van der Waals surface area contributed by atoms with Crippen LogP contribution >= 0.6 is 11.3 Å². The largest absolute Gasteiger partial charge is 0.354 e. The maximum atomic E-state index is 12.7. The van der Waals surface area contributed by atoms with E-state index in [-0.39, 0.29) is 23.0 Å². The molecule has 134 valence electrons. The summed E-state index contributed by atoms with van der Waals surface area (Å²) < 4.78 is 26.7. The number of nitrogens with zero attached hydrogens (tertiary/aromatic N) is 4. The van der Waals surface area contributed by atoms with Crippen molar-refractivity contribution in [3.63, 3.8) is 0 Å². The molecule has 1 saturated heterocycles. The van der Waals surface area contributed by atoms with Crippen molar-refractivity contribution < 1.29 is 13.3 Å². The van der Waals surface area contributed by atoms with Crippen LogP contribution in [0.2, 0.25) is 0 Å². The van der Waals surface area contributed by atoms with Crippen LogP contribution in [0.1, 0.15) is 5.69 Å². The molecule has 0 unspecified atom stereocenters. The Balaban J connectivity index is 1.72. The van der Waals surface area contributed by atoms with E-state index in [1.54, 1.807) is 13.0 Å². The Morgan fingerprint density at radius 2 is 1.96 bits per heavy atom. The number of rotatable bonds is 4. The molecule has 3 heterocycles. The van der Waals surface area contributed by atoms with Gasteiger partial charge in [-0.3, -0.25) is 14.9 Å². The molecule has 10 nitrogen and oxygen atoms in total. The minimum atomic E-state index is -3.71. The Hall–Kier alpha value is -2.31. The van der Waals surface area contributed by atoms with Gasteiger partial charge in [0.25, 0.3) is 15.7 Å². The first-order valence-electron chi connectivity index (χ1n) is 7.34. The van der Waals surface area contributed by atoms with Crippen molar-refractivity contribution >= 4 is 32.9 Å². The van der Waals surface area contributed by atoms with Crippen molar-refractivity contribution in [1.82, 2.24) is 14.3 Å². The second-order valence-corrected chi connectivity index (χ2v) is 8.57. The summed E-state index contributed by atoms with van der Waals surface area (Å²) in [5, 5.41) is 10.7. The molecule has 3 rings (SSSR count). The monoisotopic (exact) mass is 385 g/mol. The smallest absolute Gasteiger partial charge is 0.305 e. The number of sulfonamides is 1. The third-order valence-corrected chi connectivity index (χ3v) is 7.34. The molecule has 0 radical (unpaired) electrons. The number of aryl methyl sites for hydroxylation is 1. The quantitative estimate of drug-likeness (QED) is 0.601. The third-order valence-electron chi connectivity index (χ3n) is 3.86. The molecule has 2 aromatic rings. The van der Waals surface area contributed by atoms with Gasteiger partial charge in [-0.15, -0.1) is 0 Å². The van der Waals surface area contributed by atoms with Gasteiger partial charge in [0, 0.05) is 37.9 Å². The van der Waals surface area contributed by atoms with Crippen molar-refractivity contribution in [2.75, 3.05) is 31.1 Å². The normalized spacial score (nSPS) is 16.1. The molecule has 1 fully saturated rings. The number of nitro groups is 1. The van der Waals surface area contributed by atoms with Gasteiger partial charge < -0.3 is 9.88 Å². The number of hydrogen-bond donors (Lipinski definition) is 1. The summed E-state index contributed by atoms with van der Waals surface area (Å²) in [6.07, 6.45) is 1.18. The van der Waals surface area contributed by atoms with E-state index in [2.05, 4.69) is 9.97 Å². The number of piperazine rings is 1. The standard InChI is InChI=1S/C13H15N5O5S2/c1-9-12(24-13(19)15-9)25(22,23)17-6-4-16(5-7-17)11-3-2-10(8-14-11)18(20)21/h2-3,8H,4-7H2,1H3,(H,15,19). The number of hydrogen-bond acceptors (Lipinski definition) is 8. The molecule has 0 bridgehead atoms. The summed E-state index contributed by atoms with van der Waals surface area (Å²) in [6.45, 7) is 2.85. The van der Waals surface area contributed by atoms with Crippen molar-refractivity contribution in [1.29, 1.82) is 0 Å². The van der Waals surface area contributed by atoms with Crippen molar-refractivity contribution in [3.8, 4) is 0 Å². The molecule has 1 N–H and O–H groups in total. The molecule has 2 aromatic heterocycles. The molecule has 0 saturated carbocycles. The van der Waals surface area contributed by atoms with Gasteiger partial charge in [0.1, 0.15) is 12.0 Å². The molecule has 1 aliphatic heterocycles. The number of thiazole rings is 1. The fraction of sp³-hybridized carbons (Fsp3) is 0.385. The van der Waals surface area contributed by atoms with Crippen molar-refractivity contribution in [3.05, 3.63) is 43.8 Å². The van der Waals surface area contributed by atoms with Crippen LogP contribution in [0.3, 0.4) is 0 Å². The summed E-state index contributed by atoms with van der Waals surface area (Å²) in [7, 11) is -3.71. The van der Waals surface area contributed by atoms with E-state index >= 15 is 0 Å².